The van der Waals surface area contributed by atoms with Gasteiger partial charge in [0.05, 0.1) is 16.8 Å². The summed E-state index contributed by atoms with van der Waals surface area (Å²) in [6.07, 6.45) is 1.09. The number of anilines is 2. The van der Waals surface area contributed by atoms with Gasteiger partial charge in [-0.05, 0) is 63.4 Å². The molecule has 0 saturated carbocycles. The summed E-state index contributed by atoms with van der Waals surface area (Å²) >= 11 is 3.44. The molecule has 1 amide bonds. The molecule has 0 aliphatic rings. The highest BCUT2D eigenvalue weighted by Crippen LogP contribution is 2.27. The van der Waals surface area contributed by atoms with Crippen molar-refractivity contribution in [2.24, 2.45) is 0 Å². The van der Waals surface area contributed by atoms with Gasteiger partial charge < -0.3 is 5.32 Å². The highest BCUT2D eigenvalue weighted by Gasteiger charge is 2.12. The van der Waals surface area contributed by atoms with Crippen LogP contribution in [0.1, 0.15) is 9.67 Å². The van der Waals surface area contributed by atoms with E-state index in [1.165, 1.54) is 11.3 Å². The number of thiophene rings is 1. The summed E-state index contributed by atoms with van der Waals surface area (Å²) in [6, 6.07) is 16.7. The van der Waals surface area contributed by atoms with Gasteiger partial charge in [-0.1, -0.05) is 30.3 Å². The number of hydrogen-bond donors (Lipinski definition) is 2. The molecule has 0 aliphatic carbocycles. The van der Waals surface area contributed by atoms with Crippen LogP contribution in [-0.2, 0) is 10.0 Å². The Morgan fingerprint density at radius 1 is 1.00 bits per heavy atom. The van der Waals surface area contributed by atoms with Gasteiger partial charge in [0.25, 0.3) is 5.91 Å². The molecule has 134 valence electrons. The second-order valence-corrected chi connectivity index (χ2v) is 9.53. The average Bonchev–Trinajstić information content (AvgIpc) is 3.03. The van der Waals surface area contributed by atoms with E-state index in [2.05, 4.69) is 32.6 Å². The molecule has 2 aromatic carbocycles. The summed E-state index contributed by atoms with van der Waals surface area (Å²) in [5.41, 5.74) is 2.98. The Kier molecular flexibility index (Phi) is 5.64. The molecule has 0 radical (unpaired) electrons. The number of rotatable bonds is 5. The minimum absolute atomic E-state index is 0.232. The molecule has 2 N–H and O–H groups in total. The van der Waals surface area contributed by atoms with E-state index in [1.807, 2.05) is 41.8 Å². The second kappa shape index (κ2) is 7.77. The van der Waals surface area contributed by atoms with E-state index in [0.29, 0.717) is 16.3 Å². The van der Waals surface area contributed by atoms with E-state index in [-0.39, 0.29) is 5.91 Å². The molecular formula is C18H15IN2O3S2. The number of carbonyl (C=O) groups is 1. The Balaban J connectivity index is 1.79. The normalized spacial score (nSPS) is 11.2. The van der Waals surface area contributed by atoms with Crippen molar-refractivity contribution in [2.45, 2.75) is 0 Å². The molecular weight excluding hydrogens is 483 g/mol. The van der Waals surface area contributed by atoms with Crippen LogP contribution < -0.4 is 10.0 Å². The first kappa shape index (κ1) is 18.9. The van der Waals surface area contributed by atoms with Crippen molar-refractivity contribution < 1.29 is 13.2 Å². The quantitative estimate of drug-likeness (QED) is 0.504. The lowest BCUT2D eigenvalue weighted by atomic mass is 10.1. The summed E-state index contributed by atoms with van der Waals surface area (Å²) < 4.78 is 26.0. The Hall–Kier alpha value is -1.91. The van der Waals surface area contributed by atoms with E-state index >= 15 is 0 Å². The molecule has 26 heavy (non-hydrogen) atoms. The lowest BCUT2D eigenvalue weighted by molar-refractivity contribution is 0.103. The van der Waals surface area contributed by atoms with Gasteiger partial charge in [-0.15, -0.1) is 11.3 Å². The predicted molar refractivity (Wildman–Crippen MR) is 115 cm³/mol. The minimum Gasteiger partial charge on any atom is -0.321 e. The third-order valence-electron chi connectivity index (χ3n) is 3.39. The van der Waals surface area contributed by atoms with Crippen molar-refractivity contribution in [2.75, 3.05) is 16.3 Å². The maximum Gasteiger partial charge on any atom is 0.265 e. The first-order valence-corrected chi connectivity index (χ1v) is 11.4. The zero-order valence-corrected chi connectivity index (χ0v) is 17.5. The number of amides is 1. The van der Waals surface area contributed by atoms with Crippen molar-refractivity contribution in [3.05, 3.63) is 68.4 Å². The first-order chi connectivity index (χ1) is 12.3. The molecule has 8 heteroatoms. The number of halogens is 1. The van der Waals surface area contributed by atoms with Gasteiger partial charge in [0.15, 0.2) is 0 Å². The SMILES string of the molecule is CS(=O)(=O)Nc1cc(I)cc(NC(=O)c2cc(-c3ccccc3)cs2)c1. The van der Waals surface area contributed by atoms with Crippen LogP contribution in [0.25, 0.3) is 11.1 Å². The molecule has 1 heterocycles. The highest BCUT2D eigenvalue weighted by molar-refractivity contribution is 14.1. The molecule has 0 spiro atoms. The number of benzene rings is 2. The van der Waals surface area contributed by atoms with Gasteiger partial charge in [-0.25, -0.2) is 8.42 Å². The smallest absolute Gasteiger partial charge is 0.265 e. The third kappa shape index (κ3) is 5.05. The molecule has 0 unspecified atom stereocenters. The summed E-state index contributed by atoms with van der Waals surface area (Å²) in [4.78, 5) is 13.1. The number of carbonyl (C=O) groups excluding carboxylic acids is 1. The van der Waals surface area contributed by atoms with Gasteiger partial charge in [-0.3, -0.25) is 9.52 Å². The predicted octanol–water partition coefficient (Wildman–Crippen LogP) is 4.64. The fraction of sp³-hybridized carbons (Fsp3) is 0.0556. The molecule has 0 bridgehead atoms. The summed E-state index contributed by atoms with van der Waals surface area (Å²) in [7, 11) is -3.38. The van der Waals surface area contributed by atoms with Crippen LogP contribution >= 0.6 is 33.9 Å². The third-order valence-corrected chi connectivity index (χ3v) is 5.55. The minimum atomic E-state index is -3.38. The van der Waals surface area contributed by atoms with Crippen molar-refractivity contribution in [3.63, 3.8) is 0 Å². The molecule has 0 fully saturated rings. The van der Waals surface area contributed by atoms with Crippen LogP contribution in [-0.4, -0.2) is 20.6 Å². The van der Waals surface area contributed by atoms with Gasteiger partial charge >= 0.3 is 0 Å². The molecule has 1 aromatic heterocycles. The molecule has 0 atom stereocenters. The number of hydrogen-bond acceptors (Lipinski definition) is 4. The summed E-state index contributed by atoms with van der Waals surface area (Å²) in [6.45, 7) is 0. The van der Waals surface area contributed by atoms with Crippen molar-refractivity contribution in [1.29, 1.82) is 0 Å². The van der Waals surface area contributed by atoms with Crippen LogP contribution in [0.3, 0.4) is 0 Å². The largest absolute Gasteiger partial charge is 0.321 e. The van der Waals surface area contributed by atoms with Crippen LogP contribution in [0.2, 0.25) is 0 Å². The lowest BCUT2D eigenvalue weighted by Gasteiger charge is -2.09. The Morgan fingerprint density at radius 3 is 2.38 bits per heavy atom. The maximum atomic E-state index is 12.5. The van der Waals surface area contributed by atoms with Gasteiger partial charge in [-0.2, -0.15) is 0 Å². The molecule has 0 saturated heterocycles. The second-order valence-electron chi connectivity index (χ2n) is 5.62. The van der Waals surface area contributed by atoms with Crippen molar-refractivity contribution >= 4 is 61.2 Å². The van der Waals surface area contributed by atoms with Crippen LogP contribution in [0.4, 0.5) is 11.4 Å². The van der Waals surface area contributed by atoms with Gasteiger partial charge in [0.1, 0.15) is 0 Å². The molecule has 0 aliphatic heterocycles. The monoisotopic (exact) mass is 498 g/mol. The van der Waals surface area contributed by atoms with E-state index in [0.717, 1.165) is 21.0 Å². The molecule has 5 nitrogen and oxygen atoms in total. The number of nitrogens with one attached hydrogen (secondary N) is 2. The average molecular weight is 498 g/mol. The van der Waals surface area contributed by atoms with E-state index < -0.39 is 10.0 Å². The van der Waals surface area contributed by atoms with E-state index in [9.17, 15) is 13.2 Å². The Labute approximate surface area is 169 Å². The summed E-state index contributed by atoms with van der Waals surface area (Å²) in [5, 5.41) is 4.76. The van der Waals surface area contributed by atoms with Gasteiger partial charge in [0.2, 0.25) is 10.0 Å². The lowest BCUT2D eigenvalue weighted by Crippen LogP contribution is -2.12. The molecule has 3 aromatic rings. The fourth-order valence-corrected chi connectivity index (χ4v) is 4.39. The zero-order valence-electron chi connectivity index (χ0n) is 13.7. The maximum absolute atomic E-state index is 12.5. The van der Waals surface area contributed by atoms with Crippen LogP contribution in [0.5, 0.6) is 0 Å². The summed E-state index contributed by atoms with van der Waals surface area (Å²) in [5.74, 6) is -0.232. The van der Waals surface area contributed by atoms with Gasteiger partial charge in [0, 0.05) is 9.26 Å². The topological polar surface area (TPSA) is 75.3 Å². The van der Waals surface area contributed by atoms with Crippen molar-refractivity contribution in [3.8, 4) is 11.1 Å². The number of sulfonamides is 1. The highest BCUT2D eigenvalue weighted by atomic mass is 127. The fourth-order valence-electron chi connectivity index (χ4n) is 2.36. The Morgan fingerprint density at radius 2 is 1.69 bits per heavy atom. The Bertz CT molecular complexity index is 1050. The van der Waals surface area contributed by atoms with E-state index in [1.54, 1.807) is 18.2 Å². The van der Waals surface area contributed by atoms with E-state index in [4.69, 9.17) is 0 Å². The van der Waals surface area contributed by atoms with Crippen molar-refractivity contribution in [1.82, 2.24) is 0 Å². The first-order valence-electron chi connectivity index (χ1n) is 7.54. The standard InChI is InChI=1S/C18H15IN2O3S2/c1-26(23,24)21-16-9-14(19)8-15(10-16)20-18(22)17-7-13(11-25-17)12-5-3-2-4-6-12/h2-11,21H,1H3,(H,20,22). The zero-order chi connectivity index (χ0) is 18.7. The molecule has 3 rings (SSSR count). The van der Waals surface area contributed by atoms with Crippen LogP contribution in [0.15, 0.2) is 60.0 Å². The van der Waals surface area contributed by atoms with Crippen LogP contribution in [0, 0.1) is 3.57 Å².